The Morgan fingerprint density at radius 3 is 2.88 bits per heavy atom. The first-order valence-electron chi connectivity index (χ1n) is 5.68. The van der Waals surface area contributed by atoms with Gasteiger partial charge in [0, 0.05) is 12.1 Å². The Balaban J connectivity index is 2.30. The summed E-state index contributed by atoms with van der Waals surface area (Å²) in [6, 6.07) is 5.93. The molecule has 17 heavy (non-hydrogen) atoms. The molecule has 94 valence electrons. The topological polar surface area (TPSA) is 46.2 Å². The molecule has 1 aromatic carbocycles. The van der Waals surface area contributed by atoms with Gasteiger partial charge in [-0.25, -0.2) is 12.8 Å². The van der Waals surface area contributed by atoms with E-state index in [2.05, 4.69) is 5.32 Å². The number of hydrogen-bond donors (Lipinski definition) is 1. The molecule has 2 rings (SSSR count). The molecule has 0 amide bonds. The van der Waals surface area contributed by atoms with Gasteiger partial charge in [-0.2, -0.15) is 0 Å². The maximum Gasteiger partial charge on any atom is 0.152 e. The lowest BCUT2D eigenvalue weighted by atomic mass is 10.1. The van der Waals surface area contributed by atoms with Crippen molar-refractivity contribution in [2.24, 2.45) is 0 Å². The van der Waals surface area contributed by atoms with Crippen molar-refractivity contribution >= 4 is 9.84 Å². The molecule has 2 unspecified atom stereocenters. The fraction of sp³-hybridized carbons (Fsp3) is 0.500. The smallest absolute Gasteiger partial charge is 0.152 e. The van der Waals surface area contributed by atoms with Gasteiger partial charge in [0.2, 0.25) is 0 Å². The quantitative estimate of drug-likeness (QED) is 0.832. The van der Waals surface area contributed by atoms with Crippen LogP contribution in [0.25, 0.3) is 0 Å². The Morgan fingerprint density at radius 2 is 2.18 bits per heavy atom. The van der Waals surface area contributed by atoms with E-state index < -0.39 is 9.84 Å². The standard InChI is InChI=1S/C12H16FNO2S/c1-9-5-6-17(15,16)8-12(14-9)10-3-2-4-11(13)7-10/h2-4,7,9,12,14H,5-6,8H2,1H3. The second-order valence-electron chi connectivity index (χ2n) is 4.58. The molecular formula is C12H16FNO2S. The summed E-state index contributed by atoms with van der Waals surface area (Å²) in [5.41, 5.74) is 0.697. The molecule has 1 aromatic rings. The number of benzene rings is 1. The average Bonchev–Trinajstić information content (AvgIpc) is 2.38. The molecule has 3 nitrogen and oxygen atoms in total. The van der Waals surface area contributed by atoms with Gasteiger partial charge in [-0.3, -0.25) is 0 Å². The minimum Gasteiger partial charge on any atom is -0.307 e. The zero-order valence-electron chi connectivity index (χ0n) is 9.69. The Bertz CT molecular complexity index is 501. The first kappa shape index (κ1) is 12.5. The minimum absolute atomic E-state index is 0.0425. The summed E-state index contributed by atoms with van der Waals surface area (Å²) >= 11 is 0. The first-order valence-corrected chi connectivity index (χ1v) is 7.50. The van der Waals surface area contributed by atoms with Crippen LogP contribution < -0.4 is 5.32 Å². The Morgan fingerprint density at radius 1 is 1.41 bits per heavy atom. The molecule has 2 atom stereocenters. The van der Waals surface area contributed by atoms with Crippen LogP contribution in [0.4, 0.5) is 4.39 Å². The summed E-state index contributed by atoms with van der Waals surface area (Å²) in [7, 11) is -3.05. The Kier molecular flexibility index (Phi) is 3.49. The van der Waals surface area contributed by atoms with Gasteiger partial charge in [0.05, 0.1) is 11.5 Å². The molecule has 0 aromatic heterocycles. The van der Waals surface area contributed by atoms with E-state index in [4.69, 9.17) is 0 Å². The van der Waals surface area contributed by atoms with Crippen LogP contribution in [0.1, 0.15) is 24.9 Å². The van der Waals surface area contributed by atoms with E-state index in [1.54, 1.807) is 12.1 Å². The van der Waals surface area contributed by atoms with Gasteiger partial charge >= 0.3 is 0 Å². The summed E-state index contributed by atoms with van der Waals surface area (Å²) in [5.74, 6) is -0.0908. The van der Waals surface area contributed by atoms with Crippen molar-refractivity contribution in [1.82, 2.24) is 5.32 Å². The van der Waals surface area contributed by atoms with E-state index in [1.807, 2.05) is 6.92 Å². The molecule has 0 saturated carbocycles. The van der Waals surface area contributed by atoms with E-state index in [9.17, 15) is 12.8 Å². The molecule has 5 heteroatoms. The summed E-state index contributed by atoms with van der Waals surface area (Å²) in [5, 5.41) is 3.23. The molecule has 0 bridgehead atoms. The van der Waals surface area contributed by atoms with Crippen LogP contribution in [-0.4, -0.2) is 26.0 Å². The molecule has 0 aliphatic carbocycles. The van der Waals surface area contributed by atoms with Crippen LogP contribution in [0.5, 0.6) is 0 Å². The molecule has 1 saturated heterocycles. The third-order valence-electron chi connectivity index (χ3n) is 3.02. The van der Waals surface area contributed by atoms with E-state index in [0.29, 0.717) is 12.0 Å². The van der Waals surface area contributed by atoms with E-state index in [-0.39, 0.29) is 29.4 Å². The molecule has 1 fully saturated rings. The number of halogens is 1. The lowest BCUT2D eigenvalue weighted by Crippen LogP contribution is -2.31. The minimum atomic E-state index is -3.05. The second kappa shape index (κ2) is 4.74. The van der Waals surface area contributed by atoms with Crippen molar-refractivity contribution in [3.05, 3.63) is 35.6 Å². The van der Waals surface area contributed by atoms with Crippen LogP contribution in [0, 0.1) is 5.82 Å². The van der Waals surface area contributed by atoms with Crippen molar-refractivity contribution in [3.8, 4) is 0 Å². The number of hydrogen-bond acceptors (Lipinski definition) is 3. The maximum atomic E-state index is 13.1. The van der Waals surface area contributed by atoms with Crippen molar-refractivity contribution in [2.75, 3.05) is 11.5 Å². The summed E-state index contributed by atoms with van der Waals surface area (Å²) in [6.45, 7) is 1.95. The zero-order valence-corrected chi connectivity index (χ0v) is 10.5. The van der Waals surface area contributed by atoms with E-state index in [0.717, 1.165) is 0 Å². The molecule has 1 aliphatic heterocycles. The van der Waals surface area contributed by atoms with Gasteiger partial charge in [0.25, 0.3) is 0 Å². The second-order valence-corrected chi connectivity index (χ2v) is 6.81. The SMILES string of the molecule is CC1CCS(=O)(=O)CC(c2cccc(F)c2)N1. The Hall–Kier alpha value is -0.940. The highest BCUT2D eigenvalue weighted by Crippen LogP contribution is 2.21. The van der Waals surface area contributed by atoms with Crippen molar-refractivity contribution < 1.29 is 12.8 Å². The highest BCUT2D eigenvalue weighted by molar-refractivity contribution is 7.91. The van der Waals surface area contributed by atoms with Gasteiger partial charge < -0.3 is 5.32 Å². The molecule has 1 aliphatic rings. The predicted octanol–water partition coefficient (Wildman–Crippen LogP) is 1.66. The largest absolute Gasteiger partial charge is 0.307 e. The summed E-state index contributed by atoms with van der Waals surface area (Å²) in [4.78, 5) is 0. The third kappa shape index (κ3) is 3.26. The first-order chi connectivity index (χ1) is 7.96. The molecule has 1 N–H and O–H groups in total. The monoisotopic (exact) mass is 257 g/mol. The lowest BCUT2D eigenvalue weighted by Gasteiger charge is -2.19. The van der Waals surface area contributed by atoms with Gasteiger partial charge in [0.15, 0.2) is 9.84 Å². The van der Waals surface area contributed by atoms with Crippen LogP contribution in [0.3, 0.4) is 0 Å². The average molecular weight is 257 g/mol. The summed E-state index contributed by atoms with van der Waals surface area (Å²) in [6.07, 6.45) is 0.605. The fourth-order valence-corrected chi connectivity index (χ4v) is 3.76. The van der Waals surface area contributed by atoms with Crippen LogP contribution in [0.15, 0.2) is 24.3 Å². The van der Waals surface area contributed by atoms with Gasteiger partial charge in [-0.15, -0.1) is 0 Å². The van der Waals surface area contributed by atoms with Crippen molar-refractivity contribution in [1.29, 1.82) is 0 Å². The van der Waals surface area contributed by atoms with Crippen molar-refractivity contribution in [3.63, 3.8) is 0 Å². The number of sulfone groups is 1. The Labute approximate surface area is 101 Å². The number of rotatable bonds is 1. The van der Waals surface area contributed by atoms with E-state index in [1.165, 1.54) is 12.1 Å². The molecule has 0 spiro atoms. The lowest BCUT2D eigenvalue weighted by molar-refractivity contribution is 0.482. The van der Waals surface area contributed by atoms with Gasteiger partial charge in [-0.05, 0) is 31.0 Å². The summed E-state index contributed by atoms with van der Waals surface area (Å²) < 4.78 is 36.6. The number of nitrogens with one attached hydrogen (secondary N) is 1. The van der Waals surface area contributed by atoms with Gasteiger partial charge in [0.1, 0.15) is 5.82 Å². The normalized spacial score (nSPS) is 28.6. The predicted molar refractivity (Wildman–Crippen MR) is 65.0 cm³/mol. The van der Waals surface area contributed by atoms with E-state index >= 15 is 0 Å². The van der Waals surface area contributed by atoms with Crippen LogP contribution in [0.2, 0.25) is 0 Å². The highest BCUT2D eigenvalue weighted by Gasteiger charge is 2.26. The van der Waals surface area contributed by atoms with Crippen LogP contribution >= 0.6 is 0 Å². The highest BCUT2D eigenvalue weighted by atomic mass is 32.2. The molecule has 0 radical (unpaired) electrons. The molecule has 1 heterocycles. The molecular weight excluding hydrogens is 241 g/mol. The van der Waals surface area contributed by atoms with Crippen LogP contribution in [-0.2, 0) is 9.84 Å². The maximum absolute atomic E-state index is 13.1. The zero-order chi connectivity index (χ0) is 12.5. The van der Waals surface area contributed by atoms with Crippen molar-refractivity contribution in [2.45, 2.75) is 25.4 Å². The fourth-order valence-electron chi connectivity index (χ4n) is 2.08. The third-order valence-corrected chi connectivity index (χ3v) is 4.72. The van der Waals surface area contributed by atoms with Gasteiger partial charge in [-0.1, -0.05) is 12.1 Å².